The first-order valence-electron chi connectivity index (χ1n) is 8.97. The lowest BCUT2D eigenvalue weighted by atomic mass is 10.2. The Labute approximate surface area is 179 Å². The Bertz CT molecular complexity index is 972. The van der Waals surface area contributed by atoms with Crippen LogP contribution in [0.2, 0.25) is 5.02 Å². The maximum absolute atomic E-state index is 12.5. The molecule has 1 N–H and O–H groups in total. The number of aryl methyl sites for hydroxylation is 1. The van der Waals surface area contributed by atoms with Crippen LogP contribution < -0.4 is 10.1 Å². The molecule has 0 saturated carbocycles. The number of halogens is 1. The zero-order valence-corrected chi connectivity index (χ0v) is 17.7. The molecule has 1 aromatic heterocycles. The van der Waals surface area contributed by atoms with Crippen LogP contribution in [-0.4, -0.2) is 41.1 Å². The lowest BCUT2D eigenvalue weighted by Gasteiger charge is -2.19. The lowest BCUT2D eigenvalue weighted by molar-refractivity contribution is 0.207. The summed E-state index contributed by atoms with van der Waals surface area (Å²) in [6.45, 7) is 2.76. The third-order valence-electron chi connectivity index (χ3n) is 4.03. The number of carbonyl (C=O) groups is 1. The van der Waals surface area contributed by atoms with Crippen LogP contribution in [0.3, 0.4) is 0 Å². The number of nitrogens with zero attached hydrogens (tertiary/aromatic N) is 3. The van der Waals surface area contributed by atoms with Crippen LogP contribution in [0, 0.1) is 6.92 Å². The molecule has 0 aliphatic heterocycles. The molecule has 1 heterocycles. The van der Waals surface area contributed by atoms with Crippen LogP contribution in [0.1, 0.15) is 5.56 Å². The van der Waals surface area contributed by atoms with Gasteiger partial charge in [0.05, 0.1) is 6.54 Å². The van der Waals surface area contributed by atoms with E-state index in [4.69, 9.17) is 16.3 Å². The van der Waals surface area contributed by atoms with Gasteiger partial charge in [0, 0.05) is 35.0 Å². The summed E-state index contributed by atoms with van der Waals surface area (Å²) >= 11 is 7.41. The van der Waals surface area contributed by atoms with E-state index in [-0.39, 0.29) is 6.03 Å². The fraction of sp³-hybridized carbons (Fsp3) is 0.190. The van der Waals surface area contributed by atoms with E-state index in [0.717, 1.165) is 16.1 Å². The van der Waals surface area contributed by atoms with Crippen LogP contribution in [0.25, 0.3) is 0 Å². The highest BCUT2D eigenvalue weighted by molar-refractivity contribution is 7.99. The zero-order valence-electron chi connectivity index (χ0n) is 16.1. The number of anilines is 1. The standard InChI is InChI=1S/C21H21ClN4O2S/c1-15-13-18(29-20-23-9-4-10-24-20)7-8-19(15)25-21(27)26(2)11-12-28-17-6-3-5-16(22)14-17/h3-10,13-14H,11-12H2,1-2H3,(H,25,27). The molecule has 3 aromatic rings. The Morgan fingerprint density at radius 2 is 1.97 bits per heavy atom. The van der Waals surface area contributed by atoms with Crippen molar-refractivity contribution >= 4 is 35.1 Å². The van der Waals surface area contributed by atoms with Crippen molar-refractivity contribution in [3.63, 3.8) is 0 Å². The SMILES string of the molecule is Cc1cc(Sc2ncccn2)ccc1NC(=O)N(C)CCOc1cccc(Cl)c1. The van der Waals surface area contributed by atoms with Crippen LogP contribution >= 0.6 is 23.4 Å². The van der Waals surface area contributed by atoms with Crippen molar-refractivity contribution in [2.75, 3.05) is 25.5 Å². The molecule has 2 aromatic carbocycles. The van der Waals surface area contributed by atoms with E-state index in [0.29, 0.717) is 29.1 Å². The number of benzene rings is 2. The van der Waals surface area contributed by atoms with Crippen LogP contribution in [0.4, 0.5) is 10.5 Å². The van der Waals surface area contributed by atoms with E-state index in [1.54, 1.807) is 42.5 Å². The molecule has 0 bridgehead atoms. The number of likely N-dealkylation sites (N-methyl/N-ethyl adjacent to an activating group) is 1. The minimum atomic E-state index is -0.199. The molecule has 3 rings (SSSR count). The minimum absolute atomic E-state index is 0.199. The highest BCUT2D eigenvalue weighted by Gasteiger charge is 2.11. The van der Waals surface area contributed by atoms with Gasteiger partial charge >= 0.3 is 6.03 Å². The molecule has 0 aliphatic carbocycles. The number of aromatic nitrogens is 2. The van der Waals surface area contributed by atoms with Gasteiger partial charge in [0.25, 0.3) is 0 Å². The second kappa shape index (κ2) is 10.1. The van der Waals surface area contributed by atoms with E-state index in [1.807, 2.05) is 37.3 Å². The lowest BCUT2D eigenvalue weighted by Crippen LogP contribution is -2.34. The zero-order chi connectivity index (χ0) is 20.6. The second-order valence-electron chi connectivity index (χ2n) is 6.27. The predicted octanol–water partition coefficient (Wildman–Crippen LogP) is 5.13. The number of rotatable bonds is 7. The maximum Gasteiger partial charge on any atom is 0.321 e. The van der Waals surface area contributed by atoms with Crippen LogP contribution in [-0.2, 0) is 0 Å². The summed E-state index contributed by atoms with van der Waals surface area (Å²) in [5, 5.41) is 4.23. The highest BCUT2D eigenvalue weighted by atomic mass is 35.5. The van der Waals surface area contributed by atoms with E-state index in [9.17, 15) is 4.79 Å². The van der Waals surface area contributed by atoms with Gasteiger partial charge < -0.3 is 15.0 Å². The summed E-state index contributed by atoms with van der Waals surface area (Å²) in [6.07, 6.45) is 3.42. The van der Waals surface area contributed by atoms with E-state index in [1.165, 1.54) is 11.8 Å². The Kier molecular flexibility index (Phi) is 7.32. The van der Waals surface area contributed by atoms with Gasteiger partial charge in [-0.1, -0.05) is 17.7 Å². The topological polar surface area (TPSA) is 67.4 Å². The Hall–Kier alpha value is -2.77. The third-order valence-corrected chi connectivity index (χ3v) is 5.15. The van der Waals surface area contributed by atoms with Gasteiger partial charge in [-0.2, -0.15) is 0 Å². The van der Waals surface area contributed by atoms with Crippen molar-refractivity contribution < 1.29 is 9.53 Å². The number of amides is 2. The van der Waals surface area contributed by atoms with Crippen molar-refractivity contribution in [2.45, 2.75) is 17.0 Å². The van der Waals surface area contributed by atoms with E-state index >= 15 is 0 Å². The van der Waals surface area contributed by atoms with Crippen molar-refractivity contribution in [3.05, 3.63) is 71.5 Å². The van der Waals surface area contributed by atoms with Crippen LogP contribution in [0.15, 0.2) is 71.0 Å². The normalized spacial score (nSPS) is 10.4. The summed E-state index contributed by atoms with van der Waals surface area (Å²) in [5.74, 6) is 0.678. The molecule has 0 radical (unpaired) electrons. The second-order valence-corrected chi connectivity index (χ2v) is 7.74. The summed E-state index contributed by atoms with van der Waals surface area (Å²) in [7, 11) is 1.73. The van der Waals surface area contributed by atoms with Crippen molar-refractivity contribution in [3.8, 4) is 5.75 Å². The Morgan fingerprint density at radius 1 is 1.17 bits per heavy atom. The maximum atomic E-state index is 12.5. The number of hydrogen-bond acceptors (Lipinski definition) is 5. The van der Waals surface area contributed by atoms with Gasteiger partial charge in [-0.3, -0.25) is 0 Å². The highest BCUT2D eigenvalue weighted by Crippen LogP contribution is 2.28. The minimum Gasteiger partial charge on any atom is -0.492 e. The van der Waals surface area contributed by atoms with E-state index in [2.05, 4.69) is 15.3 Å². The first kappa shape index (κ1) is 21.0. The molecule has 2 amide bonds. The van der Waals surface area contributed by atoms with Gasteiger partial charge in [0.2, 0.25) is 0 Å². The molecule has 0 aliphatic rings. The smallest absolute Gasteiger partial charge is 0.321 e. The Balaban J connectivity index is 1.51. The monoisotopic (exact) mass is 428 g/mol. The van der Waals surface area contributed by atoms with Crippen LogP contribution in [0.5, 0.6) is 5.75 Å². The van der Waals surface area contributed by atoms with Gasteiger partial charge in [-0.05, 0) is 66.7 Å². The number of nitrogens with one attached hydrogen (secondary N) is 1. The molecule has 0 saturated heterocycles. The van der Waals surface area contributed by atoms with Gasteiger partial charge in [0.15, 0.2) is 5.16 Å². The number of carbonyl (C=O) groups excluding carboxylic acids is 1. The number of urea groups is 1. The van der Waals surface area contributed by atoms with Gasteiger partial charge in [-0.15, -0.1) is 0 Å². The average Bonchev–Trinajstić information content (AvgIpc) is 2.71. The number of hydrogen-bond donors (Lipinski definition) is 1. The summed E-state index contributed by atoms with van der Waals surface area (Å²) < 4.78 is 5.63. The van der Waals surface area contributed by atoms with Gasteiger partial charge in [-0.25, -0.2) is 14.8 Å². The fourth-order valence-corrected chi connectivity index (χ4v) is 3.44. The van der Waals surface area contributed by atoms with E-state index < -0.39 is 0 Å². The molecule has 6 nitrogen and oxygen atoms in total. The molecule has 29 heavy (non-hydrogen) atoms. The first-order chi connectivity index (χ1) is 14.0. The molecule has 0 atom stereocenters. The summed E-state index contributed by atoms with van der Waals surface area (Å²) in [5.41, 5.74) is 1.72. The summed E-state index contributed by atoms with van der Waals surface area (Å²) in [4.78, 5) is 23.5. The fourth-order valence-electron chi connectivity index (χ4n) is 2.45. The first-order valence-corrected chi connectivity index (χ1v) is 10.2. The van der Waals surface area contributed by atoms with Gasteiger partial charge in [0.1, 0.15) is 12.4 Å². The molecule has 0 fully saturated rings. The quantitative estimate of drug-likeness (QED) is 0.528. The molecule has 0 spiro atoms. The van der Waals surface area contributed by atoms with Crippen molar-refractivity contribution in [1.29, 1.82) is 0 Å². The molecule has 150 valence electrons. The Morgan fingerprint density at radius 3 is 2.69 bits per heavy atom. The predicted molar refractivity (Wildman–Crippen MR) is 116 cm³/mol. The molecule has 8 heteroatoms. The number of ether oxygens (including phenoxy) is 1. The largest absolute Gasteiger partial charge is 0.492 e. The molecular formula is C21H21ClN4O2S. The summed E-state index contributed by atoms with van der Waals surface area (Å²) in [6, 6.07) is 14.6. The average molecular weight is 429 g/mol. The van der Waals surface area contributed by atoms with Crippen molar-refractivity contribution in [2.24, 2.45) is 0 Å². The molecular weight excluding hydrogens is 408 g/mol. The molecule has 0 unspecified atom stereocenters. The third kappa shape index (κ3) is 6.37. The van der Waals surface area contributed by atoms with Crippen molar-refractivity contribution in [1.82, 2.24) is 14.9 Å².